The van der Waals surface area contributed by atoms with Gasteiger partial charge >= 0.3 is 5.97 Å². The molecule has 0 saturated carbocycles. The van der Waals surface area contributed by atoms with Gasteiger partial charge in [-0.1, -0.05) is 23.7 Å². The predicted octanol–water partition coefficient (Wildman–Crippen LogP) is 2.11. The summed E-state index contributed by atoms with van der Waals surface area (Å²) in [5.41, 5.74) is 1.18. The van der Waals surface area contributed by atoms with E-state index in [9.17, 15) is 18.0 Å². The molecule has 0 fully saturated rings. The first kappa shape index (κ1) is 21.7. The number of carbonyl (C=O) groups is 2. The van der Waals surface area contributed by atoms with E-state index in [2.05, 4.69) is 5.32 Å². The maximum atomic E-state index is 11.9. The summed E-state index contributed by atoms with van der Waals surface area (Å²) in [5, 5.41) is 7.92. The highest BCUT2D eigenvalue weighted by atomic mass is 35.5. The second-order valence-corrected chi connectivity index (χ2v) is 7.72. The van der Waals surface area contributed by atoms with Crippen molar-refractivity contribution in [1.82, 2.24) is 0 Å². The molecule has 2 aromatic rings. The molecule has 8 nitrogen and oxygen atoms in total. The Morgan fingerprint density at radius 3 is 2.39 bits per heavy atom. The number of anilines is 1. The Balaban J connectivity index is 1.77. The lowest BCUT2D eigenvalue weighted by atomic mass is 10.1. The third kappa shape index (κ3) is 6.52. The molecular weight excluding hydrogens is 408 g/mol. The van der Waals surface area contributed by atoms with Gasteiger partial charge in [0.05, 0.1) is 17.0 Å². The van der Waals surface area contributed by atoms with Crippen LogP contribution in [-0.2, 0) is 30.8 Å². The lowest BCUT2D eigenvalue weighted by molar-refractivity contribution is -0.147. The van der Waals surface area contributed by atoms with Crippen LogP contribution >= 0.6 is 11.6 Å². The molecule has 0 bridgehead atoms. The SMILES string of the molecule is COc1ccc(NC(=O)COC(=O)CCc2ccc(S(N)(=O)=O)cc2)cc1Cl. The quantitative estimate of drug-likeness (QED) is 0.623. The lowest BCUT2D eigenvalue weighted by Gasteiger charge is -2.09. The molecule has 2 aromatic carbocycles. The van der Waals surface area contributed by atoms with Crippen LogP contribution in [0.2, 0.25) is 5.02 Å². The number of hydrogen-bond donors (Lipinski definition) is 2. The van der Waals surface area contributed by atoms with E-state index >= 15 is 0 Å². The van der Waals surface area contributed by atoms with E-state index in [1.54, 1.807) is 24.3 Å². The number of aryl methyl sites for hydroxylation is 1. The molecule has 0 atom stereocenters. The van der Waals surface area contributed by atoms with Crippen LogP contribution in [0.3, 0.4) is 0 Å². The van der Waals surface area contributed by atoms with Crippen LogP contribution in [-0.4, -0.2) is 34.0 Å². The van der Waals surface area contributed by atoms with Gasteiger partial charge in [-0.05, 0) is 42.3 Å². The van der Waals surface area contributed by atoms with Crippen molar-refractivity contribution in [2.75, 3.05) is 19.0 Å². The topological polar surface area (TPSA) is 125 Å². The summed E-state index contributed by atoms with van der Waals surface area (Å²) in [7, 11) is -2.27. The summed E-state index contributed by atoms with van der Waals surface area (Å²) in [6.07, 6.45) is 0.371. The minimum Gasteiger partial charge on any atom is -0.495 e. The first-order valence-electron chi connectivity index (χ1n) is 8.10. The standard InChI is InChI=1S/C18H19ClN2O6S/c1-26-16-8-5-13(10-15(16)19)21-17(22)11-27-18(23)9-4-12-2-6-14(7-3-12)28(20,24)25/h2-3,5-8,10H,4,9,11H2,1H3,(H,21,22)(H2,20,24,25). The molecule has 0 unspecified atom stereocenters. The van der Waals surface area contributed by atoms with E-state index < -0.39 is 28.5 Å². The number of rotatable bonds is 8. The third-order valence-electron chi connectivity index (χ3n) is 3.67. The number of primary sulfonamides is 1. The molecule has 0 aliphatic carbocycles. The maximum absolute atomic E-state index is 11.9. The third-order valence-corrected chi connectivity index (χ3v) is 4.89. The van der Waals surface area contributed by atoms with Crippen LogP contribution in [0.25, 0.3) is 0 Å². The summed E-state index contributed by atoms with van der Waals surface area (Å²) < 4.78 is 32.3. The Morgan fingerprint density at radius 2 is 1.82 bits per heavy atom. The number of carbonyl (C=O) groups excluding carboxylic acids is 2. The van der Waals surface area contributed by atoms with Crippen molar-refractivity contribution < 1.29 is 27.5 Å². The molecule has 0 spiro atoms. The molecule has 0 aliphatic heterocycles. The molecule has 1 amide bonds. The molecule has 28 heavy (non-hydrogen) atoms. The van der Waals surface area contributed by atoms with Gasteiger partial charge in [0.2, 0.25) is 10.0 Å². The first-order valence-corrected chi connectivity index (χ1v) is 10.0. The number of sulfonamides is 1. The Morgan fingerprint density at radius 1 is 1.14 bits per heavy atom. The van der Waals surface area contributed by atoms with Gasteiger partial charge in [-0.3, -0.25) is 9.59 Å². The fourth-order valence-corrected chi connectivity index (χ4v) is 3.02. The maximum Gasteiger partial charge on any atom is 0.306 e. The van der Waals surface area contributed by atoms with E-state index in [0.29, 0.717) is 22.9 Å². The van der Waals surface area contributed by atoms with Crippen molar-refractivity contribution in [3.8, 4) is 5.75 Å². The molecule has 2 rings (SSSR count). The zero-order chi connectivity index (χ0) is 20.7. The second-order valence-electron chi connectivity index (χ2n) is 5.75. The molecule has 0 aliphatic rings. The fourth-order valence-electron chi connectivity index (χ4n) is 2.25. The van der Waals surface area contributed by atoms with Crippen molar-refractivity contribution in [3.63, 3.8) is 0 Å². The van der Waals surface area contributed by atoms with Crippen LogP contribution in [0.5, 0.6) is 5.75 Å². The summed E-state index contributed by atoms with van der Waals surface area (Å²) in [5.74, 6) is -0.589. The van der Waals surface area contributed by atoms with E-state index in [-0.39, 0.29) is 11.3 Å². The zero-order valence-electron chi connectivity index (χ0n) is 15.0. The first-order chi connectivity index (χ1) is 13.2. The average molecular weight is 427 g/mol. The van der Waals surface area contributed by atoms with Crippen molar-refractivity contribution in [3.05, 3.63) is 53.1 Å². The number of benzene rings is 2. The molecule has 3 N–H and O–H groups in total. The number of halogens is 1. The minimum atomic E-state index is -3.75. The number of esters is 1. The Hall–Kier alpha value is -2.62. The Labute approximate surface area is 167 Å². The summed E-state index contributed by atoms with van der Waals surface area (Å²) in [6.45, 7) is -0.438. The largest absolute Gasteiger partial charge is 0.495 e. The highest BCUT2D eigenvalue weighted by Gasteiger charge is 2.11. The minimum absolute atomic E-state index is 0.00543. The van der Waals surface area contributed by atoms with Gasteiger partial charge in [-0.25, -0.2) is 13.6 Å². The van der Waals surface area contributed by atoms with Crippen LogP contribution in [0.1, 0.15) is 12.0 Å². The summed E-state index contributed by atoms with van der Waals surface area (Å²) in [4.78, 5) is 23.6. The number of ether oxygens (including phenoxy) is 2. The average Bonchev–Trinajstić information content (AvgIpc) is 2.64. The summed E-state index contributed by atoms with van der Waals surface area (Å²) >= 11 is 5.97. The van der Waals surface area contributed by atoms with Gasteiger partial charge in [-0.2, -0.15) is 0 Å². The van der Waals surface area contributed by atoms with Gasteiger partial charge in [-0.15, -0.1) is 0 Å². The van der Waals surface area contributed by atoms with Gasteiger partial charge in [0, 0.05) is 12.1 Å². The molecule has 0 aromatic heterocycles. The van der Waals surface area contributed by atoms with Crippen LogP contribution in [0.4, 0.5) is 5.69 Å². The Bertz CT molecular complexity index is 961. The number of methoxy groups -OCH3 is 1. The molecule has 0 radical (unpaired) electrons. The van der Waals surface area contributed by atoms with Gasteiger partial charge in [0.25, 0.3) is 5.91 Å². The van der Waals surface area contributed by atoms with E-state index in [1.807, 2.05) is 0 Å². The Kier molecular flexibility index (Phi) is 7.38. The zero-order valence-corrected chi connectivity index (χ0v) is 16.5. The van der Waals surface area contributed by atoms with E-state index in [4.69, 9.17) is 26.2 Å². The highest BCUT2D eigenvalue weighted by molar-refractivity contribution is 7.89. The van der Waals surface area contributed by atoms with Crippen molar-refractivity contribution in [1.29, 1.82) is 0 Å². The second kappa shape index (κ2) is 9.54. The number of nitrogens with one attached hydrogen (secondary N) is 1. The summed E-state index contributed by atoms with van der Waals surface area (Å²) in [6, 6.07) is 10.6. The van der Waals surface area contributed by atoms with Gasteiger partial charge in [0.15, 0.2) is 6.61 Å². The number of nitrogens with two attached hydrogens (primary N) is 1. The molecular formula is C18H19ClN2O6S. The molecule has 0 heterocycles. The van der Waals surface area contributed by atoms with Gasteiger partial charge < -0.3 is 14.8 Å². The number of hydrogen-bond acceptors (Lipinski definition) is 6. The molecule has 0 saturated heterocycles. The van der Waals surface area contributed by atoms with Crippen molar-refractivity contribution in [2.24, 2.45) is 5.14 Å². The number of amides is 1. The van der Waals surface area contributed by atoms with E-state index in [0.717, 1.165) is 5.56 Å². The van der Waals surface area contributed by atoms with E-state index in [1.165, 1.54) is 25.3 Å². The van der Waals surface area contributed by atoms with Crippen LogP contribution < -0.4 is 15.2 Å². The van der Waals surface area contributed by atoms with Gasteiger partial charge in [0.1, 0.15) is 5.75 Å². The fraction of sp³-hybridized carbons (Fsp3) is 0.222. The van der Waals surface area contributed by atoms with Crippen LogP contribution in [0, 0.1) is 0 Å². The predicted molar refractivity (Wildman–Crippen MR) is 104 cm³/mol. The van der Waals surface area contributed by atoms with Crippen molar-refractivity contribution >= 4 is 39.2 Å². The molecule has 10 heteroatoms. The highest BCUT2D eigenvalue weighted by Crippen LogP contribution is 2.27. The molecule has 150 valence electrons. The smallest absolute Gasteiger partial charge is 0.306 e. The normalized spacial score (nSPS) is 11.0. The van der Waals surface area contributed by atoms with Crippen molar-refractivity contribution in [2.45, 2.75) is 17.7 Å². The van der Waals surface area contributed by atoms with Crippen LogP contribution in [0.15, 0.2) is 47.4 Å². The lowest BCUT2D eigenvalue weighted by Crippen LogP contribution is -2.21. The monoisotopic (exact) mass is 426 g/mol.